The fourth-order valence-corrected chi connectivity index (χ4v) is 2.86. The molecular formula is C16H31N5O5S2. The highest BCUT2D eigenvalue weighted by Crippen LogP contribution is 2.03. The standard InChI is InChI=1S/C16H31N5O5S2/c1-28-7-5-11(21-14(23)10(18)4-2-3-6-17)15(24)19-8-13(22)20-12(9-27)16(25)26/h10-12,27H,2-9,17-18H2,1H3,(H,19,24)(H,20,22)(H,21,23)(H,25,26). The molecule has 28 heavy (non-hydrogen) atoms. The smallest absolute Gasteiger partial charge is 0.327 e. The van der Waals surface area contributed by atoms with E-state index >= 15 is 0 Å². The van der Waals surface area contributed by atoms with E-state index in [0.717, 1.165) is 6.42 Å². The lowest BCUT2D eigenvalue weighted by Gasteiger charge is -2.20. The molecule has 3 unspecified atom stereocenters. The molecule has 0 bridgehead atoms. The van der Waals surface area contributed by atoms with Gasteiger partial charge in [-0.05, 0) is 37.8 Å². The molecule has 0 spiro atoms. The Labute approximate surface area is 174 Å². The van der Waals surface area contributed by atoms with Crippen molar-refractivity contribution in [1.82, 2.24) is 16.0 Å². The van der Waals surface area contributed by atoms with Crippen LogP contribution in [-0.4, -0.2) is 77.8 Å². The molecule has 0 fully saturated rings. The van der Waals surface area contributed by atoms with Crippen LogP contribution in [0.2, 0.25) is 0 Å². The Morgan fingerprint density at radius 1 is 1.07 bits per heavy atom. The molecule has 0 aromatic carbocycles. The minimum atomic E-state index is -1.22. The maximum Gasteiger partial charge on any atom is 0.327 e. The third-order valence-electron chi connectivity index (χ3n) is 3.79. The lowest BCUT2D eigenvalue weighted by Crippen LogP contribution is -2.53. The lowest BCUT2D eigenvalue weighted by molar-refractivity contribution is -0.141. The summed E-state index contributed by atoms with van der Waals surface area (Å²) in [5.41, 5.74) is 11.3. The van der Waals surface area contributed by atoms with E-state index in [0.29, 0.717) is 31.6 Å². The highest BCUT2D eigenvalue weighted by Gasteiger charge is 2.24. The average molecular weight is 438 g/mol. The van der Waals surface area contributed by atoms with Crippen molar-refractivity contribution in [3.05, 3.63) is 0 Å². The quantitative estimate of drug-likeness (QED) is 0.117. The molecule has 0 aliphatic carbocycles. The summed E-state index contributed by atoms with van der Waals surface area (Å²) < 4.78 is 0. The molecule has 12 heteroatoms. The molecule has 0 heterocycles. The Hall–Kier alpha value is -1.50. The molecule has 162 valence electrons. The topological polar surface area (TPSA) is 177 Å². The van der Waals surface area contributed by atoms with Gasteiger partial charge in [0.1, 0.15) is 12.1 Å². The number of thioether (sulfide) groups is 1. The Morgan fingerprint density at radius 3 is 2.29 bits per heavy atom. The monoisotopic (exact) mass is 437 g/mol. The van der Waals surface area contributed by atoms with Crippen molar-refractivity contribution in [3.8, 4) is 0 Å². The number of unbranched alkanes of at least 4 members (excludes halogenated alkanes) is 1. The van der Waals surface area contributed by atoms with Gasteiger partial charge in [0.2, 0.25) is 17.7 Å². The van der Waals surface area contributed by atoms with Gasteiger partial charge >= 0.3 is 5.97 Å². The molecule has 0 aromatic rings. The second-order valence-electron chi connectivity index (χ2n) is 6.09. The largest absolute Gasteiger partial charge is 0.480 e. The highest BCUT2D eigenvalue weighted by molar-refractivity contribution is 7.98. The zero-order valence-corrected chi connectivity index (χ0v) is 17.7. The summed E-state index contributed by atoms with van der Waals surface area (Å²) in [4.78, 5) is 47.2. The molecule has 0 aliphatic rings. The van der Waals surface area contributed by atoms with Gasteiger partial charge in [0.25, 0.3) is 0 Å². The molecule has 0 saturated carbocycles. The zero-order valence-electron chi connectivity index (χ0n) is 16.0. The minimum absolute atomic E-state index is 0.0799. The van der Waals surface area contributed by atoms with Crippen molar-refractivity contribution >= 4 is 48.1 Å². The van der Waals surface area contributed by atoms with Crippen LogP contribution >= 0.6 is 24.4 Å². The van der Waals surface area contributed by atoms with Gasteiger partial charge in [0.05, 0.1) is 12.6 Å². The Morgan fingerprint density at radius 2 is 1.75 bits per heavy atom. The first-order chi connectivity index (χ1) is 13.3. The van der Waals surface area contributed by atoms with E-state index in [9.17, 15) is 19.2 Å². The average Bonchev–Trinajstić information content (AvgIpc) is 2.66. The summed E-state index contributed by atoms with van der Waals surface area (Å²) in [6.45, 7) is 0.107. The predicted octanol–water partition coefficient (Wildman–Crippen LogP) is -1.70. The van der Waals surface area contributed by atoms with Crippen LogP contribution in [0, 0.1) is 0 Å². The lowest BCUT2D eigenvalue weighted by atomic mass is 10.1. The summed E-state index contributed by atoms with van der Waals surface area (Å²) in [7, 11) is 0. The number of hydrogen-bond donors (Lipinski definition) is 7. The number of carboxylic acid groups (broad SMARTS) is 1. The van der Waals surface area contributed by atoms with Crippen LogP contribution in [0.25, 0.3) is 0 Å². The second kappa shape index (κ2) is 15.4. The van der Waals surface area contributed by atoms with Crippen LogP contribution in [0.15, 0.2) is 0 Å². The van der Waals surface area contributed by atoms with Crippen molar-refractivity contribution in [2.75, 3.05) is 30.9 Å². The second-order valence-corrected chi connectivity index (χ2v) is 7.44. The van der Waals surface area contributed by atoms with E-state index in [1.54, 1.807) is 0 Å². The van der Waals surface area contributed by atoms with Crippen LogP contribution in [0.4, 0.5) is 0 Å². The molecule has 3 amide bonds. The van der Waals surface area contributed by atoms with E-state index in [4.69, 9.17) is 16.6 Å². The number of carbonyl (C=O) groups excluding carboxylic acids is 3. The number of amides is 3. The van der Waals surface area contributed by atoms with Crippen LogP contribution < -0.4 is 27.4 Å². The molecule has 0 rings (SSSR count). The van der Waals surface area contributed by atoms with Crippen molar-refractivity contribution < 1.29 is 24.3 Å². The predicted molar refractivity (Wildman–Crippen MR) is 112 cm³/mol. The van der Waals surface area contributed by atoms with Gasteiger partial charge < -0.3 is 32.5 Å². The van der Waals surface area contributed by atoms with Crippen molar-refractivity contribution in [3.63, 3.8) is 0 Å². The normalized spacial score (nSPS) is 13.9. The Bertz CT molecular complexity index is 524. The highest BCUT2D eigenvalue weighted by atomic mass is 32.2. The number of nitrogens with two attached hydrogens (primary N) is 2. The Balaban J connectivity index is 4.65. The van der Waals surface area contributed by atoms with Crippen LogP contribution in [0.5, 0.6) is 0 Å². The van der Waals surface area contributed by atoms with Crippen LogP contribution in [-0.2, 0) is 19.2 Å². The van der Waals surface area contributed by atoms with Gasteiger partial charge in [-0.1, -0.05) is 6.42 Å². The summed E-state index contributed by atoms with van der Waals surface area (Å²) >= 11 is 5.35. The van der Waals surface area contributed by atoms with E-state index in [2.05, 4.69) is 28.6 Å². The maximum absolute atomic E-state index is 12.4. The first kappa shape index (κ1) is 26.5. The van der Waals surface area contributed by atoms with Crippen LogP contribution in [0.1, 0.15) is 25.7 Å². The van der Waals surface area contributed by atoms with Gasteiger partial charge in [0.15, 0.2) is 0 Å². The number of rotatable bonds is 15. The zero-order chi connectivity index (χ0) is 21.5. The fraction of sp³-hybridized carbons (Fsp3) is 0.750. The molecule has 10 nitrogen and oxygen atoms in total. The number of nitrogens with one attached hydrogen (secondary N) is 3. The first-order valence-corrected chi connectivity index (χ1v) is 10.9. The third-order valence-corrected chi connectivity index (χ3v) is 4.80. The van der Waals surface area contributed by atoms with Gasteiger partial charge in [-0.2, -0.15) is 24.4 Å². The van der Waals surface area contributed by atoms with Crippen LogP contribution in [0.3, 0.4) is 0 Å². The molecule has 0 saturated heterocycles. The van der Waals surface area contributed by atoms with Crippen molar-refractivity contribution in [1.29, 1.82) is 0 Å². The van der Waals surface area contributed by atoms with Crippen molar-refractivity contribution in [2.24, 2.45) is 11.5 Å². The van der Waals surface area contributed by atoms with E-state index in [1.807, 2.05) is 6.26 Å². The summed E-state index contributed by atoms with van der Waals surface area (Å²) in [5, 5.41) is 16.2. The molecule has 0 aromatic heterocycles. The summed E-state index contributed by atoms with van der Waals surface area (Å²) in [6.07, 6.45) is 4.16. The first-order valence-electron chi connectivity index (χ1n) is 8.92. The van der Waals surface area contributed by atoms with E-state index in [-0.39, 0.29) is 5.75 Å². The number of carbonyl (C=O) groups is 4. The SMILES string of the molecule is CSCCC(NC(=O)C(N)CCCCN)C(=O)NCC(=O)NC(CS)C(=O)O. The fourth-order valence-electron chi connectivity index (χ4n) is 2.14. The van der Waals surface area contributed by atoms with E-state index in [1.165, 1.54) is 11.8 Å². The van der Waals surface area contributed by atoms with Gasteiger partial charge in [-0.25, -0.2) is 4.79 Å². The molecule has 0 radical (unpaired) electrons. The summed E-state index contributed by atoms with van der Waals surface area (Å²) in [6, 6.07) is -2.73. The van der Waals surface area contributed by atoms with Gasteiger partial charge in [0, 0.05) is 5.75 Å². The molecule has 3 atom stereocenters. The number of thiol groups is 1. The van der Waals surface area contributed by atoms with Gasteiger partial charge in [-0.15, -0.1) is 0 Å². The number of hydrogen-bond acceptors (Lipinski definition) is 8. The Kier molecular flexibility index (Phi) is 14.6. The molecular weight excluding hydrogens is 406 g/mol. The van der Waals surface area contributed by atoms with Crippen molar-refractivity contribution in [2.45, 2.75) is 43.8 Å². The summed E-state index contributed by atoms with van der Waals surface area (Å²) in [5.74, 6) is -2.32. The van der Waals surface area contributed by atoms with Gasteiger partial charge in [-0.3, -0.25) is 14.4 Å². The molecule has 0 aliphatic heterocycles. The minimum Gasteiger partial charge on any atom is -0.480 e. The third kappa shape index (κ3) is 11.4. The van der Waals surface area contributed by atoms with E-state index < -0.39 is 48.4 Å². The molecule has 8 N–H and O–H groups in total. The number of aliphatic carboxylic acids is 1. The maximum atomic E-state index is 12.4. The number of carboxylic acids is 1.